The third kappa shape index (κ3) is 3.09. The van der Waals surface area contributed by atoms with Crippen molar-refractivity contribution < 1.29 is 22.7 Å². The van der Waals surface area contributed by atoms with Crippen LogP contribution in [0.15, 0.2) is 45.7 Å². The molecule has 24 heavy (non-hydrogen) atoms. The van der Waals surface area contributed by atoms with Gasteiger partial charge in [-0.25, -0.2) is 13.2 Å². The normalized spacial score (nSPS) is 17.0. The first-order chi connectivity index (χ1) is 11.4. The molecule has 0 saturated carbocycles. The van der Waals surface area contributed by atoms with Crippen LogP contribution in [-0.4, -0.2) is 36.9 Å². The zero-order valence-corrected chi connectivity index (χ0v) is 14.1. The fourth-order valence-electron chi connectivity index (χ4n) is 3.12. The van der Waals surface area contributed by atoms with Crippen LogP contribution in [0.5, 0.6) is 0 Å². The second-order valence-electron chi connectivity index (χ2n) is 5.93. The van der Waals surface area contributed by atoms with Crippen LogP contribution in [-0.2, 0) is 10.0 Å². The van der Waals surface area contributed by atoms with Gasteiger partial charge in [0, 0.05) is 19.2 Å². The number of furan rings is 1. The number of benzene rings is 1. The van der Waals surface area contributed by atoms with Crippen LogP contribution in [0.2, 0.25) is 0 Å². The Bertz CT molecular complexity index is 833. The third-order valence-corrected chi connectivity index (χ3v) is 6.43. The molecule has 0 atom stereocenters. The average molecular weight is 349 g/mol. The molecule has 1 aliphatic heterocycles. The maximum Gasteiger partial charge on any atom is 0.371 e. The Morgan fingerprint density at radius 3 is 2.38 bits per heavy atom. The lowest BCUT2D eigenvalue weighted by Crippen LogP contribution is -2.38. The van der Waals surface area contributed by atoms with Crippen molar-refractivity contribution in [2.75, 3.05) is 13.1 Å². The number of carboxylic acids is 1. The molecule has 1 aromatic heterocycles. The van der Waals surface area contributed by atoms with Crippen molar-refractivity contribution in [3.8, 4) is 0 Å². The van der Waals surface area contributed by atoms with Gasteiger partial charge in [-0.2, -0.15) is 4.31 Å². The first-order valence-electron chi connectivity index (χ1n) is 7.78. The van der Waals surface area contributed by atoms with Crippen molar-refractivity contribution in [3.63, 3.8) is 0 Å². The van der Waals surface area contributed by atoms with E-state index in [-0.39, 0.29) is 16.4 Å². The molecule has 0 aliphatic carbocycles. The molecule has 0 radical (unpaired) electrons. The van der Waals surface area contributed by atoms with Crippen molar-refractivity contribution in [1.82, 2.24) is 4.31 Å². The SMILES string of the molecule is Cc1oc(C(=O)O)cc1S(=O)(=O)N1CCC(c2ccccc2)CC1. The first kappa shape index (κ1) is 16.7. The van der Waals surface area contributed by atoms with E-state index in [1.165, 1.54) is 16.8 Å². The summed E-state index contributed by atoms with van der Waals surface area (Å²) in [5.74, 6) is -1.18. The van der Waals surface area contributed by atoms with E-state index in [4.69, 9.17) is 9.52 Å². The summed E-state index contributed by atoms with van der Waals surface area (Å²) in [5, 5.41) is 8.96. The highest BCUT2D eigenvalue weighted by atomic mass is 32.2. The molecule has 2 aromatic rings. The maximum atomic E-state index is 12.8. The second-order valence-corrected chi connectivity index (χ2v) is 7.83. The fourth-order valence-corrected chi connectivity index (χ4v) is 4.75. The lowest BCUT2D eigenvalue weighted by molar-refractivity contribution is 0.0661. The number of carbonyl (C=O) groups is 1. The molecule has 2 heterocycles. The Kier molecular flexibility index (Phi) is 4.47. The van der Waals surface area contributed by atoms with Crippen molar-refractivity contribution >= 4 is 16.0 Å². The standard InChI is InChI=1S/C17H19NO5S/c1-12-16(11-15(23-12)17(19)20)24(21,22)18-9-7-14(8-10-18)13-5-3-2-4-6-13/h2-6,11,14H,7-10H2,1H3,(H,19,20). The predicted molar refractivity (Wildman–Crippen MR) is 87.6 cm³/mol. The number of hydrogen-bond donors (Lipinski definition) is 1. The predicted octanol–water partition coefficient (Wildman–Crippen LogP) is 2.85. The molecular formula is C17H19NO5S. The van der Waals surface area contributed by atoms with E-state index >= 15 is 0 Å². The zero-order chi connectivity index (χ0) is 17.3. The fraction of sp³-hybridized carbons (Fsp3) is 0.353. The minimum absolute atomic E-state index is 0.0574. The molecule has 6 nitrogen and oxygen atoms in total. The molecule has 1 aromatic carbocycles. The summed E-state index contributed by atoms with van der Waals surface area (Å²) in [5.41, 5.74) is 1.22. The summed E-state index contributed by atoms with van der Waals surface area (Å²) < 4.78 is 32.0. The molecular weight excluding hydrogens is 330 g/mol. The van der Waals surface area contributed by atoms with E-state index in [0.29, 0.717) is 19.0 Å². The summed E-state index contributed by atoms with van der Waals surface area (Å²) in [6.45, 7) is 2.29. The number of piperidine rings is 1. The van der Waals surface area contributed by atoms with E-state index in [2.05, 4.69) is 12.1 Å². The molecule has 0 amide bonds. The van der Waals surface area contributed by atoms with Gasteiger partial charge in [-0.1, -0.05) is 30.3 Å². The molecule has 7 heteroatoms. The van der Waals surface area contributed by atoms with Gasteiger partial charge in [0.25, 0.3) is 0 Å². The Labute approximate surface area is 140 Å². The zero-order valence-electron chi connectivity index (χ0n) is 13.3. The van der Waals surface area contributed by atoms with E-state index in [1.54, 1.807) is 0 Å². The summed E-state index contributed by atoms with van der Waals surface area (Å²) in [6.07, 6.45) is 1.48. The first-order valence-corrected chi connectivity index (χ1v) is 9.22. The Hall–Kier alpha value is -2.12. The van der Waals surface area contributed by atoms with Gasteiger partial charge in [-0.05, 0) is 31.2 Å². The third-order valence-electron chi connectivity index (χ3n) is 4.43. The monoisotopic (exact) mass is 349 g/mol. The van der Waals surface area contributed by atoms with Crippen LogP contribution in [0.4, 0.5) is 0 Å². The smallest absolute Gasteiger partial charge is 0.371 e. The topological polar surface area (TPSA) is 87.8 Å². The molecule has 0 bridgehead atoms. The largest absolute Gasteiger partial charge is 0.475 e. The maximum absolute atomic E-state index is 12.8. The minimum Gasteiger partial charge on any atom is -0.475 e. The highest BCUT2D eigenvalue weighted by Gasteiger charge is 2.33. The molecule has 0 unspecified atom stereocenters. The second kappa shape index (κ2) is 6.41. The van der Waals surface area contributed by atoms with Crippen LogP contribution >= 0.6 is 0 Å². The van der Waals surface area contributed by atoms with E-state index < -0.39 is 16.0 Å². The van der Waals surface area contributed by atoms with Gasteiger partial charge in [0.05, 0.1) is 0 Å². The van der Waals surface area contributed by atoms with Crippen molar-refractivity contribution in [1.29, 1.82) is 0 Å². The average Bonchev–Trinajstić information content (AvgIpc) is 2.99. The number of nitrogens with zero attached hydrogens (tertiary/aromatic N) is 1. The highest BCUT2D eigenvalue weighted by molar-refractivity contribution is 7.89. The van der Waals surface area contributed by atoms with Gasteiger partial charge in [0.15, 0.2) is 0 Å². The Morgan fingerprint density at radius 2 is 1.83 bits per heavy atom. The van der Waals surface area contributed by atoms with Crippen molar-refractivity contribution in [2.24, 2.45) is 0 Å². The number of rotatable bonds is 4. The Morgan fingerprint density at radius 1 is 1.21 bits per heavy atom. The van der Waals surface area contributed by atoms with Crippen LogP contribution in [0.25, 0.3) is 0 Å². The number of hydrogen-bond acceptors (Lipinski definition) is 4. The minimum atomic E-state index is -3.73. The number of carboxylic acid groups (broad SMARTS) is 1. The van der Waals surface area contributed by atoms with E-state index in [1.807, 2.05) is 18.2 Å². The quantitative estimate of drug-likeness (QED) is 0.917. The van der Waals surface area contributed by atoms with Gasteiger partial charge >= 0.3 is 5.97 Å². The van der Waals surface area contributed by atoms with Gasteiger partial charge in [-0.15, -0.1) is 0 Å². The van der Waals surface area contributed by atoms with E-state index in [9.17, 15) is 13.2 Å². The lowest BCUT2D eigenvalue weighted by Gasteiger charge is -2.31. The van der Waals surface area contributed by atoms with Crippen molar-refractivity contribution in [3.05, 3.63) is 53.5 Å². The molecule has 128 valence electrons. The Balaban J connectivity index is 1.77. The summed E-state index contributed by atoms with van der Waals surface area (Å²) in [6, 6.07) is 11.2. The highest BCUT2D eigenvalue weighted by Crippen LogP contribution is 2.32. The molecule has 1 saturated heterocycles. The van der Waals surface area contributed by atoms with Gasteiger partial charge in [-0.3, -0.25) is 0 Å². The van der Waals surface area contributed by atoms with Crippen LogP contribution in [0.1, 0.15) is 40.6 Å². The van der Waals surface area contributed by atoms with Crippen LogP contribution in [0.3, 0.4) is 0 Å². The number of sulfonamides is 1. The van der Waals surface area contributed by atoms with Gasteiger partial charge in [0.1, 0.15) is 10.7 Å². The molecule has 1 fully saturated rings. The summed E-state index contributed by atoms with van der Waals surface area (Å²) in [7, 11) is -3.73. The van der Waals surface area contributed by atoms with Gasteiger partial charge in [0.2, 0.25) is 15.8 Å². The molecule has 1 aliphatic rings. The molecule has 0 spiro atoms. The van der Waals surface area contributed by atoms with Crippen LogP contribution < -0.4 is 0 Å². The number of aryl methyl sites for hydroxylation is 1. The number of aromatic carboxylic acids is 1. The van der Waals surface area contributed by atoms with Crippen LogP contribution in [0, 0.1) is 6.92 Å². The molecule has 1 N–H and O–H groups in total. The van der Waals surface area contributed by atoms with Gasteiger partial charge < -0.3 is 9.52 Å². The van der Waals surface area contributed by atoms with Crippen molar-refractivity contribution in [2.45, 2.75) is 30.6 Å². The molecule has 3 rings (SSSR count). The summed E-state index contributed by atoms with van der Waals surface area (Å²) >= 11 is 0. The summed E-state index contributed by atoms with van der Waals surface area (Å²) in [4.78, 5) is 10.9. The lowest BCUT2D eigenvalue weighted by atomic mass is 9.90. The van der Waals surface area contributed by atoms with E-state index in [0.717, 1.165) is 18.9 Å².